The van der Waals surface area contributed by atoms with Crippen molar-refractivity contribution in [2.75, 3.05) is 45.8 Å². The quantitative estimate of drug-likeness (QED) is 0.529. The minimum atomic E-state index is 0.434. The number of allylic oxidation sites excluding steroid dienone is 1. The molecule has 7 nitrogen and oxygen atoms in total. The molecule has 0 aliphatic carbocycles. The van der Waals surface area contributed by atoms with Crippen LogP contribution in [-0.2, 0) is 17.7 Å². The van der Waals surface area contributed by atoms with E-state index < -0.39 is 0 Å². The number of morpholine rings is 1. The lowest BCUT2D eigenvalue weighted by Crippen LogP contribution is -2.35. The van der Waals surface area contributed by atoms with Gasteiger partial charge in [0.1, 0.15) is 5.76 Å². The Balaban J connectivity index is 1.66. The predicted molar refractivity (Wildman–Crippen MR) is 123 cm³/mol. The smallest absolute Gasteiger partial charge is 0.204 e. The number of nitrogens with one attached hydrogen (secondary N) is 1. The maximum Gasteiger partial charge on any atom is 0.204 e. The van der Waals surface area contributed by atoms with Gasteiger partial charge < -0.3 is 23.9 Å². The van der Waals surface area contributed by atoms with E-state index in [1.807, 2.05) is 42.5 Å². The zero-order valence-electron chi connectivity index (χ0n) is 18.4. The number of anilines is 1. The lowest BCUT2D eigenvalue weighted by atomic mass is 10.0. The van der Waals surface area contributed by atoms with Crippen molar-refractivity contribution in [2.45, 2.75) is 13.0 Å². The van der Waals surface area contributed by atoms with Crippen molar-refractivity contribution in [3.8, 4) is 17.6 Å². The number of benzene rings is 2. The molecule has 1 fully saturated rings. The van der Waals surface area contributed by atoms with E-state index >= 15 is 0 Å². The third-order valence-corrected chi connectivity index (χ3v) is 5.48. The van der Waals surface area contributed by atoms with Crippen LogP contribution in [0, 0.1) is 11.3 Å². The summed E-state index contributed by atoms with van der Waals surface area (Å²) in [5.41, 5.74) is 3.10. The molecule has 166 valence electrons. The predicted octanol–water partition coefficient (Wildman–Crippen LogP) is 4.34. The molecule has 7 heteroatoms. The Bertz CT molecular complexity index is 1130. The fourth-order valence-electron chi connectivity index (χ4n) is 3.84. The lowest BCUT2D eigenvalue weighted by Gasteiger charge is -2.25. The molecular weight excluding hydrogens is 406 g/mol. The van der Waals surface area contributed by atoms with Crippen LogP contribution >= 0.6 is 0 Å². The number of nitriles is 1. The first kappa shape index (κ1) is 21.8. The van der Waals surface area contributed by atoms with Crippen LogP contribution in [0.15, 0.2) is 58.7 Å². The molecule has 0 radical (unpaired) electrons. The Hall–Kier alpha value is -3.47. The molecule has 3 aromatic rings. The SMILES string of the molecule is COc1cc(C/C(C#N)=C/Nc2ccccc2)c2cc(CN3CCOCC3)oc2c1OC. The molecular formula is C25H27N3O4. The summed E-state index contributed by atoms with van der Waals surface area (Å²) in [4.78, 5) is 2.30. The summed E-state index contributed by atoms with van der Waals surface area (Å²) < 4.78 is 22.8. The van der Waals surface area contributed by atoms with Gasteiger partial charge in [-0.3, -0.25) is 4.90 Å². The largest absolute Gasteiger partial charge is 0.493 e. The van der Waals surface area contributed by atoms with Crippen LogP contribution in [0.25, 0.3) is 11.0 Å². The Morgan fingerprint density at radius 3 is 2.62 bits per heavy atom. The van der Waals surface area contributed by atoms with Crippen LogP contribution in [0.3, 0.4) is 0 Å². The summed E-state index contributed by atoms with van der Waals surface area (Å²) in [5, 5.41) is 13.8. The van der Waals surface area contributed by atoms with E-state index in [2.05, 4.69) is 16.3 Å². The first-order chi connectivity index (χ1) is 15.7. The number of nitrogens with zero attached hydrogens (tertiary/aromatic N) is 2. The number of fused-ring (bicyclic) bond motifs is 1. The first-order valence-electron chi connectivity index (χ1n) is 10.6. The number of methoxy groups -OCH3 is 2. The van der Waals surface area contributed by atoms with Gasteiger partial charge in [-0.1, -0.05) is 18.2 Å². The van der Waals surface area contributed by atoms with Crippen LogP contribution in [0.2, 0.25) is 0 Å². The van der Waals surface area contributed by atoms with Crippen LogP contribution in [-0.4, -0.2) is 45.4 Å². The van der Waals surface area contributed by atoms with Crippen LogP contribution in [0.5, 0.6) is 11.5 Å². The summed E-state index contributed by atoms with van der Waals surface area (Å²) >= 11 is 0. The highest BCUT2D eigenvalue weighted by Gasteiger charge is 2.21. The van der Waals surface area contributed by atoms with E-state index in [0.29, 0.717) is 35.6 Å². The molecule has 32 heavy (non-hydrogen) atoms. The van der Waals surface area contributed by atoms with Crippen molar-refractivity contribution >= 4 is 16.7 Å². The van der Waals surface area contributed by atoms with Crippen LogP contribution in [0.4, 0.5) is 5.69 Å². The average molecular weight is 434 g/mol. The second kappa shape index (κ2) is 10.2. The van der Waals surface area contributed by atoms with E-state index in [0.717, 1.165) is 48.7 Å². The summed E-state index contributed by atoms with van der Waals surface area (Å²) in [7, 11) is 3.20. The third-order valence-electron chi connectivity index (χ3n) is 5.48. The van der Waals surface area contributed by atoms with Crippen molar-refractivity contribution in [1.29, 1.82) is 5.26 Å². The van der Waals surface area contributed by atoms with Gasteiger partial charge in [0.25, 0.3) is 0 Å². The number of furan rings is 1. The molecule has 0 amide bonds. The van der Waals surface area contributed by atoms with E-state index in [9.17, 15) is 5.26 Å². The highest BCUT2D eigenvalue weighted by Crippen LogP contribution is 2.40. The van der Waals surface area contributed by atoms with Crippen molar-refractivity contribution < 1.29 is 18.6 Å². The minimum absolute atomic E-state index is 0.434. The number of hydrogen-bond acceptors (Lipinski definition) is 7. The maximum absolute atomic E-state index is 9.73. The molecule has 0 atom stereocenters. The molecule has 0 saturated carbocycles. The molecule has 1 aliphatic heterocycles. The minimum Gasteiger partial charge on any atom is -0.493 e. The van der Waals surface area contributed by atoms with Crippen LogP contribution in [0.1, 0.15) is 11.3 Å². The number of ether oxygens (including phenoxy) is 3. The number of hydrogen-bond donors (Lipinski definition) is 1. The highest BCUT2D eigenvalue weighted by atomic mass is 16.5. The van der Waals surface area contributed by atoms with Crippen molar-refractivity contribution in [1.82, 2.24) is 4.90 Å². The van der Waals surface area contributed by atoms with Gasteiger partial charge in [-0.25, -0.2) is 0 Å². The van der Waals surface area contributed by atoms with E-state index in [-0.39, 0.29) is 0 Å². The standard InChI is InChI=1S/C25H27N3O4/c1-29-23-13-19(12-18(15-26)16-27-20-6-4-3-5-7-20)22-14-21(32-24(22)25(23)30-2)17-28-8-10-31-11-9-28/h3-7,13-14,16,27H,8-12,17H2,1-2H3/b18-16-. The lowest BCUT2D eigenvalue weighted by molar-refractivity contribution is 0.0315. The Labute approximate surface area is 187 Å². The summed E-state index contributed by atoms with van der Waals surface area (Å²) in [6.07, 6.45) is 2.18. The molecule has 2 heterocycles. The Morgan fingerprint density at radius 2 is 1.94 bits per heavy atom. The van der Waals surface area contributed by atoms with Gasteiger partial charge in [0.2, 0.25) is 5.75 Å². The maximum atomic E-state index is 9.73. The topological polar surface area (TPSA) is 79.9 Å². The molecule has 1 aliphatic rings. The molecule has 1 saturated heterocycles. The van der Waals surface area contributed by atoms with Crippen molar-refractivity contribution in [2.24, 2.45) is 0 Å². The molecule has 0 spiro atoms. The molecule has 4 rings (SSSR count). The molecule has 0 bridgehead atoms. The average Bonchev–Trinajstić information content (AvgIpc) is 3.26. The van der Waals surface area contributed by atoms with Crippen molar-refractivity contribution in [3.63, 3.8) is 0 Å². The van der Waals surface area contributed by atoms with Gasteiger partial charge in [-0.2, -0.15) is 5.26 Å². The second-order valence-electron chi connectivity index (χ2n) is 7.58. The number of rotatable bonds is 8. The molecule has 0 unspecified atom stereocenters. The monoisotopic (exact) mass is 433 g/mol. The number of para-hydroxylation sites is 1. The summed E-state index contributed by atoms with van der Waals surface area (Å²) in [6, 6.07) is 16.0. The zero-order valence-corrected chi connectivity index (χ0v) is 18.4. The highest BCUT2D eigenvalue weighted by molar-refractivity contribution is 5.90. The molecule has 2 aromatic carbocycles. The van der Waals surface area contributed by atoms with Gasteiger partial charge in [0.05, 0.1) is 40.0 Å². The van der Waals surface area contributed by atoms with E-state index in [1.54, 1.807) is 20.4 Å². The van der Waals surface area contributed by atoms with Crippen LogP contribution < -0.4 is 14.8 Å². The Kier molecular flexibility index (Phi) is 6.95. The Morgan fingerprint density at radius 1 is 1.16 bits per heavy atom. The van der Waals surface area contributed by atoms with Gasteiger partial charge in [0, 0.05) is 42.4 Å². The first-order valence-corrected chi connectivity index (χ1v) is 10.6. The van der Waals surface area contributed by atoms with E-state index in [1.165, 1.54) is 0 Å². The van der Waals surface area contributed by atoms with Crippen molar-refractivity contribution in [3.05, 3.63) is 65.6 Å². The van der Waals surface area contributed by atoms with Gasteiger partial charge in [-0.05, 0) is 29.8 Å². The fourth-order valence-corrected chi connectivity index (χ4v) is 3.84. The van der Waals surface area contributed by atoms with E-state index in [4.69, 9.17) is 18.6 Å². The van der Waals surface area contributed by atoms with Gasteiger partial charge >= 0.3 is 0 Å². The normalized spacial score (nSPS) is 14.8. The molecule has 1 aromatic heterocycles. The zero-order chi connectivity index (χ0) is 22.3. The fraction of sp³-hybridized carbons (Fsp3) is 0.320. The molecule has 1 N–H and O–H groups in total. The summed E-state index contributed by atoms with van der Waals surface area (Å²) in [5.74, 6) is 1.99. The summed E-state index contributed by atoms with van der Waals surface area (Å²) in [6.45, 7) is 3.90. The van der Waals surface area contributed by atoms with Gasteiger partial charge in [0.15, 0.2) is 11.3 Å². The second-order valence-corrected chi connectivity index (χ2v) is 7.58. The third kappa shape index (κ3) is 4.88. The van der Waals surface area contributed by atoms with Gasteiger partial charge in [-0.15, -0.1) is 0 Å².